The van der Waals surface area contributed by atoms with Crippen LogP contribution < -0.4 is 0 Å². The van der Waals surface area contributed by atoms with Crippen molar-refractivity contribution in [2.24, 2.45) is 0 Å². The van der Waals surface area contributed by atoms with Gasteiger partial charge in [-0.15, -0.1) is 0 Å². The molecule has 17 heavy (non-hydrogen) atoms. The van der Waals surface area contributed by atoms with E-state index in [-0.39, 0.29) is 18.0 Å². The lowest BCUT2D eigenvalue weighted by molar-refractivity contribution is 0.0982. The number of hydrogen-bond acceptors (Lipinski definition) is 3. The molecular formula is C12H15ClO3S. The van der Waals surface area contributed by atoms with Crippen LogP contribution in [0.3, 0.4) is 0 Å². The molecule has 0 aromatic heterocycles. The number of rotatable bonds is 5. The molecule has 94 valence electrons. The minimum atomic E-state index is -2.99. The van der Waals surface area contributed by atoms with Crippen LogP contribution in [-0.2, 0) is 9.84 Å². The van der Waals surface area contributed by atoms with E-state index in [1.54, 1.807) is 18.2 Å². The normalized spacial score (nSPS) is 11.5. The van der Waals surface area contributed by atoms with Crippen LogP contribution in [0.1, 0.15) is 28.8 Å². The second-order valence-corrected chi connectivity index (χ2v) is 6.79. The fourth-order valence-corrected chi connectivity index (χ4v) is 2.24. The standard InChI is InChI=1S/C12H15ClO3S/c1-9-8-10(5-6-11(9)13)12(14)4-3-7-17(2,15)16/h5-6,8H,3-4,7H2,1-2H3. The van der Waals surface area contributed by atoms with E-state index >= 15 is 0 Å². The Morgan fingerprint density at radius 3 is 2.53 bits per heavy atom. The molecule has 3 nitrogen and oxygen atoms in total. The SMILES string of the molecule is Cc1cc(C(=O)CCCS(C)(=O)=O)ccc1Cl. The quantitative estimate of drug-likeness (QED) is 0.776. The van der Waals surface area contributed by atoms with E-state index in [0.29, 0.717) is 17.0 Å². The highest BCUT2D eigenvalue weighted by atomic mass is 35.5. The van der Waals surface area contributed by atoms with Crippen molar-refractivity contribution >= 4 is 27.2 Å². The number of carbonyl (C=O) groups is 1. The zero-order chi connectivity index (χ0) is 13.1. The Kier molecular flexibility index (Phi) is 4.71. The first-order valence-electron chi connectivity index (χ1n) is 5.26. The molecule has 0 N–H and O–H groups in total. The lowest BCUT2D eigenvalue weighted by atomic mass is 10.0. The molecule has 1 aromatic rings. The monoisotopic (exact) mass is 274 g/mol. The number of halogens is 1. The summed E-state index contributed by atoms with van der Waals surface area (Å²) in [6.45, 7) is 1.83. The molecule has 0 saturated carbocycles. The van der Waals surface area contributed by atoms with Crippen LogP contribution >= 0.6 is 11.6 Å². The highest BCUT2D eigenvalue weighted by Crippen LogP contribution is 2.17. The second kappa shape index (κ2) is 5.65. The number of benzene rings is 1. The van der Waals surface area contributed by atoms with Crippen molar-refractivity contribution in [1.82, 2.24) is 0 Å². The van der Waals surface area contributed by atoms with Crippen molar-refractivity contribution in [3.63, 3.8) is 0 Å². The topological polar surface area (TPSA) is 51.2 Å². The molecule has 1 rings (SSSR count). The summed E-state index contributed by atoms with van der Waals surface area (Å²) in [6.07, 6.45) is 1.78. The number of Topliss-reactive ketones (excluding diaryl/α,β-unsaturated/α-hetero) is 1. The van der Waals surface area contributed by atoms with E-state index in [2.05, 4.69) is 0 Å². The number of ketones is 1. The van der Waals surface area contributed by atoms with Gasteiger partial charge < -0.3 is 0 Å². The number of carbonyl (C=O) groups excluding carboxylic acids is 1. The van der Waals surface area contributed by atoms with Gasteiger partial charge in [0.05, 0.1) is 5.75 Å². The molecule has 0 amide bonds. The summed E-state index contributed by atoms with van der Waals surface area (Å²) in [5.41, 5.74) is 1.43. The molecule has 0 fully saturated rings. The Morgan fingerprint density at radius 1 is 1.35 bits per heavy atom. The summed E-state index contributed by atoms with van der Waals surface area (Å²) in [4.78, 5) is 11.8. The predicted molar refractivity (Wildman–Crippen MR) is 69.5 cm³/mol. The van der Waals surface area contributed by atoms with E-state index in [0.717, 1.165) is 5.56 Å². The van der Waals surface area contributed by atoms with Crippen molar-refractivity contribution < 1.29 is 13.2 Å². The van der Waals surface area contributed by atoms with Gasteiger partial charge in [-0.3, -0.25) is 4.79 Å². The van der Waals surface area contributed by atoms with Gasteiger partial charge in [0.25, 0.3) is 0 Å². The summed E-state index contributed by atoms with van der Waals surface area (Å²) >= 11 is 5.86. The zero-order valence-electron chi connectivity index (χ0n) is 9.86. The summed E-state index contributed by atoms with van der Waals surface area (Å²) in [6, 6.07) is 5.07. The first-order chi connectivity index (χ1) is 7.79. The van der Waals surface area contributed by atoms with Crippen LogP contribution in [0.25, 0.3) is 0 Å². The maximum atomic E-state index is 11.8. The molecule has 0 aliphatic carbocycles. The third-order valence-electron chi connectivity index (χ3n) is 2.40. The zero-order valence-corrected chi connectivity index (χ0v) is 11.4. The third-order valence-corrected chi connectivity index (χ3v) is 3.85. The summed E-state index contributed by atoms with van der Waals surface area (Å²) in [5, 5.41) is 0.623. The Balaban J connectivity index is 2.61. The lowest BCUT2D eigenvalue weighted by Crippen LogP contribution is -2.06. The van der Waals surface area contributed by atoms with Crippen LogP contribution in [0.15, 0.2) is 18.2 Å². The molecule has 0 atom stereocenters. The van der Waals surface area contributed by atoms with Crippen molar-refractivity contribution in [2.75, 3.05) is 12.0 Å². The molecular weight excluding hydrogens is 260 g/mol. The summed E-state index contributed by atoms with van der Waals surface area (Å²) in [5.74, 6) is -0.000826. The van der Waals surface area contributed by atoms with Crippen LogP contribution in [0.5, 0.6) is 0 Å². The first-order valence-corrected chi connectivity index (χ1v) is 7.70. The number of hydrogen-bond donors (Lipinski definition) is 0. The number of sulfone groups is 1. The van der Waals surface area contributed by atoms with E-state index in [1.165, 1.54) is 6.26 Å². The van der Waals surface area contributed by atoms with Crippen molar-refractivity contribution in [3.05, 3.63) is 34.3 Å². The van der Waals surface area contributed by atoms with Gasteiger partial charge in [0, 0.05) is 23.3 Å². The molecule has 0 spiro atoms. The van der Waals surface area contributed by atoms with Crippen LogP contribution in [0.4, 0.5) is 0 Å². The number of aryl methyl sites for hydroxylation is 1. The average Bonchev–Trinajstić information content (AvgIpc) is 2.20. The van der Waals surface area contributed by atoms with Gasteiger partial charge in [-0.25, -0.2) is 8.42 Å². The van der Waals surface area contributed by atoms with Gasteiger partial charge in [0.15, 0.2) is 5.78 Å². The first kappa shape index (κ1) is 14.2. The fraction of sp³-hybridized carbons (Fsp3) is 0.417. The van der Waals surface area contributed by atoms with Gasteiger partial charge in [-0.1, -0.05) is 11.6 Å². The lowest BCUT2D eigenvalue weighted by Gasteiger charge is -2.03. The van der Waals surface area contributed by atoms with Crippen LogP contribution in [-0.4, -0.2) is 26.2 Å². The maximum Gasteiger partial charge on any atom is 0.162 e. The Hall–Kier alpha value is -0.870. The van der Waals surface area contributed by atoms with Gasteiger partial charge in [-0.2, -0.15) is 0 Å². The van der Waals surface area contributed by atoms with Gasteiger partial charge in [0.2, 0.25) is 0 Å². The second-order valence-electron chi connectivity index (χ2n) is 4.12. The molecule has 5 heteroatoms. The molecule has 0 heterocycles. The highest BCUT2D eigenvalue weighted by Gasteiger charge is 2.09. The van der Waals surface area contributed by atoms with E-state index in [9.17, 15) is 13.2 Å². The minimum absolute atomic E-state index is 0.0469. The third kappa shape index (κ3) is 4.88. The van der Waals surface area contributed by atoms with Crippen molar-refractivity contribution in [2.45, 2.75) is 19.8 Å². The largest absolute Gasteiger partial charge is 0.294 e. The highest BCUT2D eigenvalue weighted by molar-refractivity contribution is 7.90. The molecule has 0 unspecified atom stereocenters. The van der Waals surface area contributed by atoms with Crippen LogP contribution in [0.2, 0.25) is 5.02 Å². The van der Waals surface area contributed by atoms with E-state index in [1.807, 2.05) is 6.92 Å². The Morgan fingerprint density at radius 2 is 2.00 bits per heavy atom. The fourth-order valence-electron chi connectivity index (χ4n) is 1.46. The average molecular weight is 275 g/mol. The van der Waals surface area contributed by atoms with Gasteiger partial charge in [-0.05, 0) is 37.1 Å². The molecule has 1 aromatic carbocycles. The van der Waals surface area contributed by atoms with Crippen molar-refractivity contribution in [3.8, 4) is 0 Å². The van der Waals surface area contributed by atoms with Gasteiger partial charge in [0.1, 0.15) is 9.84 Å². The Labute approximate surface area is 107 Å². The molecule has 0 bridgehead atoms. The summed E-state index contributed by atoms with van der Waals surface area (Å²) < 4.78 is 21.8. The maximum absolute atomic E-state index is 11.8. The Bertz CT molecular complexity index is 521. The molecule has 0 radical (unpaired) electrons. The molecule has 0 saturated heterocycles. The van der Waals surface area contributed by atoms with E-state index < -0.39 is 9.84 Å². The van der Waals surface area contributed by atoms with Crippen molar-refractivity contribution in [1.29, 1.82) is 0 Å². The summed E-state index contributed by atoms with van der Waals surface area (Å²) in [7, 11) is -2.99. The van der Waals surface area contributed by atoms with E-state index in [4.69, 9.17) is 11.6 Å². The predicted octanol–water partition coefficient (Wildman–Crippen LogP) is 2.66. The smallest absolute Gasteiger partial charge is 0.162 e. The molecule has 0 aliphatic rings. The molecule has 0 aliphatic heterocycles. The van der Waals surface area contributed by atoms with Gasteiger partial charge >= 0.3 is 0 Å². The van der Waals surface area contributed by atoms with Crippen LogP contribution in [0, 0.1) is 6.92 Å². The minimum Gasteiger partial charge on any atom is -0.294 e.